The lowest BCUT2D eigenvalue weighted by molar-refractivity contribution is -0.180. The van der Waals surface area contributed by atoms with E-state index < -0.39 is 0 Å². The number of nitrogens with one attached hydrogen (secondary N) is 1. The molecule has 3 aliphatic rings. The summed E-state index contributed by atoms with van der Waals surface area (Å²) in [5, 5.41) is 3.24. The highest BCUT2D eigenvalue weighted by Gasteiger charge is 2.40. The quantitative estimate of drug-likeness (QED) is 0.906. The second-order valence-corrected chi connectivity index (χ2v) is 7.47. The largest absolute Gasteiger partial charge is 0.352 e. The van der Waals surface area contributed by atoms with Crippen molar-refractivity contribution in [2.75, 3.05) is 26.3 Å². The Morgan fingerprint density at radius 2 is 2.04 bits per heavy atom. The van der Waals surface area contributed by atoms with E-state index in [2.05, 4.69) is 40.0 Å². The number of hydrogen-bond donors (Lipinski definition) is 1. The molecule has 25 heavy (non-hydrogen) atoms. The minimum Gasteiger partial charge on any atom is -0.352 e. The van der Waals surface area contributed by atoms with Crippen LogP contribution in [0.5, 0.6) is 0 Å². The van der Waals surface area contributed by atoms with E-state index >= 15 is 0 Å². The van der Waals surface area contributed by atoms with Gasteiger partial charge in [-0.05, 0) is 31.4 Å². The fraction of sp³-hybridized carbons (Fsp3) is 0.737. The summed E-state index contributed by atoms with van der Waals surface area (Å²) in [7, 11) is 0. The van der Waals surface area contributed by atoms with Gasteiger partial charge in [0.25, 0.3) is 0 Å². The summed E-state index contributed by atoms with van der Waals surface area (Å²) in [5.74, 6) is -0.208. The molecule has 6 heteroatoms. The highest BCUT2D eigenvalue weighted by atomic mass is 16.7. The Bertz CT molecular complexity index is 599. The van der Waals surface area contributed by atoms with Gasteiger partial charge in [0.15, 0.2) is 5.79 Å². The molecular weight excluding hydrogens is 318 g/mol. The van der Waals surface area contributed by atoms with Gasteiger partial charge >= 0.3 is 0 Å². The van der Waals surface area contributed by atoms with E-state index in [1.807, 2.05) is 0 Å². The Kier molecular flexibility index (Phi) is 4.84. The summed E-state index contributed by atoms with van der Waals surface area (Å²) in [6, 6.07) is 4.87. The third-order valence-electron chi connectivity index (χ3n) is 5.93. The van der Waals surface area contributed by atoms with Crippen molar-refractivity contribution in [2.24, 2.45) is 0 Å². The first-order valence-electron chi connectivity index (χ1n) is 9.65. The van der Waals surface area contributed by atoms with Gasteiger partial charge in [0, 0.05) is 43.9 Å². The van der Waals surface area contributed by atoms with Crippen LogP contribution >= 0.6 is 0 Å². The third kappa shape index (κ3) is 3.48. The van der Waals surface area contributed by atoms with Gasteiger partial charge in [-0.1, -0.05) is 6.92 Å². The molecule has 3 heterocycles. The maximum Gasteiger partial charge on any atom is 0.234 e. The maximum atomic E-state index is 12.6. The van der Waals surface area contributed by atoms with Crippen LogP contribution in [-0.2, 0) is 20.8 Å². The van der Waals surface area contributed by atoms with Crippen LogP contribution in [0.2, 0.25) is 0 Å². The van der Waals surface area contributed by atoms with E-state index in [0.29, 0.717) is 25.8 Å². The van der Waals surface area contributed by atoms with E-state index in [1.54, 1.807) is 0 Å². The number of amides is 1. The normalized spacial score (nSPS) is 26.7. The predicted octanol–water partition coefficient (Wildman–Crippen LogP) is 2.06. The molecule has 2 aliphatic heterocycles. The Labute approximate surface area is 149 Å². The molecule has 1 unspecified atom stereocenters. The molecular formula is C19H29N3O3. The SMILES string of the molecule is CCC1c2cccn2CCN1CC(=O)NC1CCC2(CC1)OCCO2. The van der Waals surface area contributed by atoms with Crippen molar-refractivity contribution in [2.45, 2.75) is 63.4 Å². The van der Waals surface area contributed by atoms with Crippen LogP contribution in [0, 0.1) is 0 Å². The van der Waals surface area contributed by atoms with Crippen LogP contribution in [0.4, 0.5) is 0 Å². The first-order valence-corrected chi connectivity index (χ1v) is 9.65. The third-order valence-corrected chi connectivity index (χ3v) is 5.93. The molecule has 1 aromatic rings. The van der Waals surface area contributed by atoms with Crippen LogP contribution in [0.3, 0.4) is 0 Å². The van der Waals surface area contributed by atoms with E-state index in [-0.39, 0.29) is 17.7 Å². The molecule has 138 valence electrons. The Balaban J connectivity index is 1.29. The molecule has 1 spiro atoms. The second-order valence-electron chi connectivity index (χ2n) is 7.47. The first kappa shape index (κ1) is 17.1. The number of aromatic nitrogens is 1. The van der Waals surface area contributed by atoms with Crippen LogP contribution in [0.1, 0.15) is 50.8 Å². The average Bonchev–Trinajstić information content (AvgIpc) is 3.27. The number of carbonyl (C=O) groups excluding carboxylic acids is 1. The monoisotopic (exact) mass is 347 g/mol. The van der Waals surface area contributed by atoms with Crippen molar-refractivity contribution >= 4 is 5.91 Å². The molecule has 1 aliphatic carbocycles. The van der Waals surface area contributed by atoms with Gasteiger partial charge in [0.1, 0.15) is 0 Å². The average molecular weight is 347 g/mol. The number of rotatable bonds is 4. The Morgan fingerprint density at radius 3 is 2.76 bits per heavy atom. The van der Waals surface area contributed by atoms with Gasteiger partial charge in [0.05, 0.1) is 25.8 Å². The van der Waals surface area contributed by atoms with Crippen molar-refractivity contribution in [3.05, 3.63) is 24.0 Å². The summed E-state index contributed by atoms with van der Waals surface area (Å²) >= 11 is 0. The van der Waals surface area contributed by atoms with Gasteiger partial charge < -0.3 is 19.4 Å². The number of hydrogen-bond acceptors (Lipinski definition) is 4. The molecule has 1 amide bonds. The molecule has 0 radical (unpaired) electrons. The molecule has 4 rings (SSSR count). The minimum atomic E-state index is -0.354. The summed E-state index contributed by atoms with van der Waals surface area (Å²) in [6.45, 7) is 5.98. The molecule has 1 aromatic heterocycles. The van der Waals surface area contributed by atoms with Crippen molar-refractivity contribution in [3.63, 3.8) is 0 Å². The maximum absolute atomic E-state index is 12.6. The van der Waals surface area contributed by atoms with Crippen molar-refractivity contribution in [1.82, 2.24) is 14.8 Å². The molecule has 0 bridgehead atoms. The summed E-state index contributed by atoms with van der Waals surface area (Å²) in [6.07, 6.45) is 6.80. The highest BCUT2D eigenvalue weighted by molar-refractivity contribution is 5.78. The van der Waals surface area contributed by atoms with Gasteiger partial charge in [-0.3, -0.25) is 9.69 Å². The molecule has 1 saturated heterocycles. The predicted molar refractivity (Wildman–Crippen MR) is 94.1 cm³/mol. The first-order chi connectivity index (χ1) is 12.2. The highest BCUT2D eigenvalue weighted by Crippen LogP contribution is 2.35. The number of ether oxygens (including phenoxy) is 2. The van der Waals surface area contributed by atoms with Crippen molar-refractivity contribution < 1.29 is 14.3 Å². The topological polar surface area (TPSA) is 55.7 Å². The van der Waals surface area contributed by atoms with Gasteiger partial charge in [-0.2, -0.15) is 0 Å². The molecule has 1 saturated carbocycles. The van der Waals surface area contributed by atoms with Gasteiger partial charge in [-0.25, -0.2) is 0 Å². The fourth-order valence-electron chi connectivity index (χ4n) is 4.61. The smallest absolute Gasteiger partial charge is 0.234 e. The lowest BCUT2D eigenvalue weighted by atomic mass is 9.90. The van der Waals surface area contributed by atoms with Crippen LogP contribution in [-0.4, -0.2) is 53.5 Å². The molecule has 1 atom stereocenters. The minimum absolute atomic E-state index is 0.146. The lowest BCUT2D eigenvalue weighted by Gasteiger charge is -2.38. The van der Waals surface area contributed by atoms with Crippen molar-refractivity contribution in [3.8, 4) is 0 Å². The fourth-order valence-corrected chi connectivity index (χ4v) is 4.61. The summed E-state index contributed by atoms with van der Waals surface area (Å²) < 4.78 is 13.8. The summed E-state index contributed by atoms with van der Waals surface area (Å²) in [4.78, 5) is 14.9. The number of fused-ring (bicyclic) bond motifs is 1. The molecule has 1 N–H and O–H groups in total. The van der Waals surface area contributed by atoms with Crippen LogP contribution < -0.4 is 5.32 Å². The number of nitrogens with zero attached hydrogens (tertiary/aromatic N) is 2. The molecule has 0 aromatic carbocycles. The molecule has 2 fully saturated rings. The Hall–Kier alpha value is -1.37. The zero-order valence-corrected chi connectivity index (χ0v) is 15.1. The van der Waals surface area contributed by atoms with E-state index in [0.717, 1.165) is 45.2 Å². The van der Waals surface area contributed by atoms with E-state index in [9.17, 15) is 4.79 Å². The second kappa shape index (κ2) is 7.09. The summed E-state index contributed by atoms with van der Waals surface area (Å²) in [5.41, 5.74) is 1.33. The standard InChI is InChI=1S/C19H29N3O3/c1-2-16-17-4-3-9-21(17)10-11-22(16)14-18(23)20-15-5-7-19(8-6-15)24-12-13-25-19/h3-4,9,15-16H,2,5-8,10-14H2,1H3,(H,20,23). The van der Waals surface area contributed by atoms with Crippen molar-refractivity contribution in [1.29, 1.82) is 0 Å². The van der Waals surface area contributed by atoms with Gasteiger partial charge in [0.2, 0.25) is 5.91 Å². The zero-order chi connectivity index (χ0) is 17.3. The van der Waals surface area contributed by atoms with E-state index in [1.165, 1.54) is 5.69 Å². The zero-order valence-electron chi connectivity index (χ0n) is 15.1. The molecule has 6 nitrogen and oxygen atoms in total. The van der Waals surface area contributed by atoms with Gasteiger partial charge in [-0.15, -0.1) is 0 Å². The van der Waals surface area contributed by atoms with Crippen LogP contribution in [0.25, 0.3) is 0 Å². The van der Waals surface area contributed by atoms with Crippen LogP contribution in [0.15, 0.2) is 18.3 Å². The van der Waals surface area contributed by atoms with E-state index in [4.69, 9.17) is 9.47 Å². The number of carbonyl (C=O) groups is 1. The Morgan fingerprint density at radius 1 is 1.28 bits per heavy atom. The lowest BCUT2D eigenvalue weighted by Crippen LogP contribution is -2.48.